The first kappa shape index (κ1) is 13.2. The molecule has 0 bridgehead atoms. The van der Waals surface area contributed by atoms with Crippen molar-refractivity contribution in [1.29, 1.82) is 0 Å². The molecule has 2 N–H and O–H groups in total. The molecule has 90 valence electrons. The second-order valence-electron chi connectivity index (χ2n) is 4.47. The van der Waals surface area contributed by atoms with Gasteiger partial charge in [0.2, 0.25) is 0 Å². The summed E-state index contributed by atoms with van der Waals surface area (Å²) in [5, 5.41) is 0. The van der Waals surface area contributed by atoms with E-state index >= 15 is 0 Å². The Morgan fingerprint density at radius 2 is 2.06 bits per heavy atom. The molecule has 0 saturated carbocycles. The molecule has 1 aromatic rings. The average Bonchev–Trinajstić information content (AvgIpc) is 2.29. The van der Waals surface area contributed by atoms with E-state index in [1.165, 1.54) is 11.1 Å². The zero-order chi connectivity index (χ0) is 12.0. The number of methoxy groups -OCH3 is 1. The lowest BCUT2D eigenvalue weighted by molar-refractivity contribution is 0.119. The first-order valence-corrected chi connectivity index (χ1v) is 5.99. The number of nitrogens with two attached hydrogens (primary N) is 1. The SMILES string of the molecule is COC(C)Cc1cccc(C(C)CCN)c1. The number of hydrogen-bond donors (Lipinski definition) is 1. The average molecular weight is 221 g/mol. The van der Waals surface area contributed by atoms with Gasteiger partial charge >= 0.3 is 0 Å². The Hall–Kier alpha value is -0.860. The molecule has 0 aliphatic rings. The van der Waals surface area contributed by atoms with Crippen LogP contribution in [0, 0.1) is 0 Å². The van der Waals surface area contributed by atoms with E-state index in [4.69, 9.17) is 10.5 Å². The largest absolute Gasteiger partial charge is 0.381 e. The zero-order valence-electron chi connectivity index (χ0n) is 10.6. The van der Waals surface area contributed by atoms with Gasteiger partial charge in [0.1, 0.15) is 0 Å². The van der Waals surface area contributed by atoms with E-state index < -0.39 is 0 Å². The van der Waals surface area contributed by atoms with Gasteiger partial charge in [-0.25, -0.2) is 0 Å². The van der Waals surface area contributed by atoms with Crippen LogP contribution in [-0.4, -0.2) is 19.8 Å². The predicted molar refractivity (Wildman–Crippen MR) is 68.7 cm³/mol. The summed E-state index contributed by atoms with van der Waals surface area (Å²) in [6.45, 7) is 5.07. The fraction of sp³-hybridized carbons (Fsp3) is 0.571. The number of benzene rings is 1. The first-order chi connectivity index (χ1) is 7.67. The lowest BCUT2D eigenvalue weighted by Gasteiger charge is -2.14. The predicted octanol–water partition coefficient (Wildman–Crippen LogP) is 2.72. The van der Waals surface area contributed by atoms with E-state index in [0.29, 0.717) is 5.92 Å². The van der Waals surface area contributed by atoms with Crippen LogP contribution < -0.4 is 5.73 Å². The van der Waals surface area contributed by atoms with Crippen LogP contribution in [0.25, 0.3) is 0 Å². The van der Waals surface area contributed by atoms with Crippen molar-refractivity contribution in [3.63, 3.8) is 0 Å². The minimum atomic E-state index is 0.278. The Morgan fingerprint density at radius 3 is 2.69 bits per heavy atom. The summed E-state index contributed by atoms with van der Waals surface area (Å²) in [4.78, 5) is 0. The van der Waals surface area contributed by atoms with E-state index in [2.05, 4.69) is 38.1 Å². The molecule has 2 atom stereocenters. The molecule has 0 fully saturated rings. The fourth-order valence-corrected chi connectivity index (χ4v) is 1.86. The van der Waals surface area contributed by atoms with Gasteiger partial charge in [-0.1, -0.05) is 31.2 Å². The maximum Gasteiger partial charge on any atom is 0.0583 e. The van der Waals surface area contributed by atoms with Gasteiger partial charge in [-0.05, 0) is 43.4 Å². The molecule has 16 heavy (non-hydrogen) atoms. The van der Waals surface area contributed by atoms with Crippen LogP contribution in [-0.2, 0) is 11.2 Å². The van der Waals surface area contributed by atoms with E-state index in [0.717, 1.165) is 19.4 Å². The van der Waals surface area contributed by atoms with Gasteiger partial charge in [0.05, 0.1) is 6.10 Å². The lowest BCUT2D eigenvalue weighted by atomic mass is 9.95. The van der Waals surface area contributed by atoms with Gasteiger partial charge in [0.25, 0.3) is 0 Å². The molecule has 0 heterocycles. The third-order valence-corrected chi connectivity index (χ3v) is 3.05. The summed E-state index contributed by atoms with van der Waals surface area (Å²) in [6.07, 6.45) is 2.29. The molecule has 2 heteroatoms. The first-order valence-electron chi connectivity index (χ1n) is 5.99. The van der Waals surface area contributed by atoms with Crippen molar-refractivity contribution in [2.24, 2.45) is 5.73 Å². The van der Waals surface area contributed by atoms with E-state index in [-0.39, 0.29) is 6.10 Å². The molecule has 0 aromatic heterocycles. The third-order valence-electron chi connectivity index (χ3n) is 3.05. The quantitative estimate of drug-likeness (QED) is 0.801. The maximum atomic E-state index is 5.59. The zero-order valence-corrected chi connectivity index (χ0v) is 10.6. The molecule has 0 radical (unpaired) electrons. The van der Waals surface area contributed by atoms with Gasteiger partial charge in [-0.3, -0.25) is 0 Å². The Kier molecular flexibility index (Phi) is 5.50. The van der Waals surface area contributed by atoms with E-state index in [9.17, 15) is 0 Å². The summed E-state index contributed by atoms with van der Waals surface area (Å²) in [5.41, 5.74) is 8.31. The summed E-state index contributed by atoms with van der Waals surface area (Å²) in [7, 11) is 1.76. The normalized spacial score (nSPS) is 14.8. The molecule has 2 unspecified atom stereocenters. The summed E-state index contributed by atoms with van der Waals surface area (Å²) in [6, 6.07) is 8.74. The summed E-state index contributed by atoms with van der Waals surface area (Å²) in [5.74, 6) is 0.544. The Balaban J connectivity index is 2.70. The highest BCUT2D eigenvalue weighted by Gasteiger charge is 2.07. The van der Waals surface area contributed by atoms with E-state index in [1.807, 2.05) is 0 Å². The minimum absolute atomic E-state index is 0.278. The number of ether oxygens (including phenoxy) is 1. The third kappa shape index (κ3) is 3.95. The van der Waals surface area contributed by atoms with Gasteiger partial charge in [0.15, 0.2) is 0 Å². The van der Waals surface area contributed by atoms with Crippen LogP contribution in [0.3, 0.4) is 0 Å². The molecule has 0 spiro atoms. The van der Waals surface area contributed by atoms with Crippen molar-refractivity contribution in [1.82, 2.24) is 0 Å². The Bertz CT molecular complexity index is 311. The monoisotopic (exact) mass is 221 g/mol. The Morgan fingerprint density at radius 1 is 1.31 bits per heavy atom. The lowest BCUT2D eigenvalue weighted by Crippen LogP contribution is -2.09. The van der Waals surface area contributed by atoms with Crippen LogP contribution in [0.5, 0.6) is 0 Å². The van der Waals surface area contributed by atoms with Crippen molar-refractivity contribution in [2.45, 2.75) is 38.7 Å². The maximum absolute atomic E-state index is 5.59. The molecular formula is C14H23NO. The topological polar surface area (TPSA) is 35.2 Å². The van der Waals surface area contributed by atoms with Gasteiger partial charge < -0.3 is 10.5 Å². The molecule has 0 aliphatic heterocycles. The van der Waals surface area contributed by atoms with Crippen molar-refractivity contribution in [2.75, 3.05) is 13.7 Å². The summed E-state index contributed by atoms with van der Waals surface area (Å²) < 4.78 is 5.28. The van der Waals surface area contributed by atoms with Crippen LogP contribution in [0.15, 0.2) is 24.3 Å². The highest BCUT2D eigenvalue weighted by atomic mass is 16.5. The van der Waals surface area contributed by atoms with Crippen LogP contribution in [0.1, 0.15) is 37.3 Å². The number of rotatable bonds is 6. The molecule has 1 rings (SSSR count). The van der Waals surface area contributed by atoms with Crippen molar-refractivity contribution in [3.8, 4) is 0 Å². The number of hydrogen-bond acceptors (Lipinski definition) is 2. The fourth-order valence-electron chi connectivity index (χ4n) is 1.86. The van der Waals surface area contributed by atoms with Crippen LogP contribution in [0.2, 0.25) is 0 Å². The Labute approximate surface area is 98.8 Å². The second-order valence-corrected chi connectivity index (χ2v) is 4.47. The molecule has 1 aromatic carbocycles. The van der Waals surface area contributed by atoms with Crippen molar-refractivity contribution >= 4 is 0 Å². The highest BCUT2D eigenvalue weighted by Crippen LogP contribution is 2.20. The molecule has 2 nitrogen and oxygen atoms in total. The highest BCUT2D eigenvalue weighted by molar-refractivity contribution is 5.26. The molecule has 0 amide bonds. The van der Waals surface area contributed by atoms with Crippen molar-refractivity contribution < 1.29 is 4.74 Å². The molecule has 0 saturated heterocycles. The standard InChI is InChI=1S/C14H23NO/c1-11(7-8-15)14-6-4-5-13(10-14)9-12(2)16-3/h4-6,10-12H,7-9,15H2,1-3H3. The summed E-state index contributed by atoms with van der Waals surface area (Å²) >= 11 is 0. The smallest absolute Gasteiger partial charge is 0.0583 e. The molecular weight excluding hydrogens is 198 g/mol. The van der Waals surface area contributed by atoms with Gasteiger partial charge in [-0.2, -0.15) is 0 Å². The van der Waals surface area contributed by atoms with Gasteiger partial charge in [0, 0.05) is 7.11 Å². The molecule has 0 aliphatic carbocycles. The van der Waals surface area contributed by atoms with Crippen LogP contribution >= 0.6 is 0 Å². The van der Waals surface area contributed by atoms with Gasteiger partial charge in [-0.15, -0.1) is 0 Å². The van der Waals surface area contributed by atoms with E-state index in [1.54, 1.807) is 7.11 Å². The minimum Gasteiger partial charge on any atom is -0.381 e. The second kappa shape index (κ2) is 6.66. The van der Waals surface area contributed by atoms with Crippen LogP contribution in [0.4, 0.5) is 0 Å². The van der Waals surface area contributed by atoms with Crippen molar-refractivity contribution in [3.05, 3.63) is 35.4 Å².